The molecule has 2 aromatic carbocycles. The molecule has 0 aliphatic carbocycles. The highest BCUT2D eigenvalue weighted by molar-refractivity contribution is 5.92. The molecular weight excluding hydrogens is 674 g/mol. The van der Waals surface area contributed by atoms with Crippen LogP contribution in [0.4, 0.5) is 0 Å². The summed E-state index contributed by atoms with van der Waals surface area (Å²) >= 11 is 0. The minimum absolute atomic E-state index is 0.0387. The summed E-state index contributed by atoms with van der Waals surface area (Å²) in [7, 11) is 1.68. The van der Waals surface area contributed by atoms with Crippen molar-refractivity contribution < 1.29 is 23.9 Å². The van der Waals surface area contributed by atoms with Crippen LogP contribution >= 0.6 is 0 Å². The van der Waals surface area contributed by atoms with Gasteiger partial charge in [-0.1, -0.05) is 50.2 Å². The van der Waals surface area contributed by atoms with Gasteiger partial charge in [-0.2, -0.15) is 5.10 Å². The lowest BCUT2D eigenvalue weighted by atomic mass is 10.0. The molecule has 2 aliphatic rings. The van der Waals surface area contributed by atoms with E-state index in [-0.39, 0.29) is 30.8 Å². The molecule has 5 rings (SSSR count). The van der Waals surface area contributed by atoms with Crippen LogP contribution in [0.25, 0.3) is 11.4 Å². The Morgan fingerprint density at radius 2 is 1.55 bits per heavy atom. The van der Waals surface area contributed by atoms with Gasteiger partial charge in [0.1, 0.15) is 30.2 Å². The van der Waals surface area contributed by atoms with Crippen LogP contribution in [-0.4, -0.2) is 100 Å². The maximum Gasteiger partial charge on any atom is 0.243 e. The normalized spacial score (nSPS) is 21.8. The molecular formula is C39H55N9O5. The molecule has 0 bridgehead atoms. The molecule has 4 amide bonds. The number of fused-ring (bicyclic) bond motifs is 1. The summed E-state index contributed by atoms with van der Waals surface area (Å²) in [4.78, 5) is 62.9. The number of aromatic nitrogens is 3. The van der Waals surface area contributed by atoms with E-state index >= 15 is 0 Å². The fourth-order valence-electron chi connectivity index (χ4n) is 6.86. The summed E-state index contributed by atoms with van der Waals surface area (Å²) in [5, 5.41) is 16.3. The first-order chi connectivity index (χ1) is 25.5. The Morgan fingerprint density at radius 1 is 0.811 bits per heavy atom. The van der Waals surface area contributed by atoms with Gasteiger partial charge in [-0.05, 0) is 76.2 Å². The number of hydrogen-bond acceptors (Lipinski definition) is 9. The maximum atomic E-state index is 13.7. The van der Waals surface area contributed by atoms with Crippen molar-refractivity contribution in [2.75, 3.05) is 39.8 Å². The number of hydrogen-bond donors (Lipinski definition) is 4. The molecule has 3 aromatic rings. The minimum atomic E-state index is -0.879. The molecule has 14 nitrogen and oxygen atoms in total. The molecule has 0 unspecified atom stereocenters. The third kappa shape index (κ3) is 11.3. The predicted molar refractivity (Wildman–Crippen MR) is 201 cm³/mol. The standard InChI is InChI=1S/C39H55N9O5/c1-26(2)20-32-39(52)42-27(3)37-44-36(30-12-7-6-8-13-30)45-48(37)25-34(49)40-16-11-19-47(24-35(50)41-28(4)38(51)43-32)22-29-14-15-33(53-5)31(21-29)23-46-17-9-10-18-46/h6-8,12-15,21,26-28,32H,9-11,16-20,22-25H2,1-5H3,(H,40,49)(H,41,50)(H,42,52)(H,43,51)/t27-,28+,32+/m0/s1. The summed E-state index contributed by atoms with van der Waals surface area (Å²) in [5.41, 5.74) is 2.91. The van der Waals surface area contributed by atoms with E-state index in [1.807, 2.05) is 61.2 Å². The monoisotopic (exact) mass is 729 g/mol. The van der Waals surface area contributed by atoms with Crippen LogP contribution in [0.2, 0.25) is 0 Å². The molecule has 0 spiro atoms. The Labute approximate surface area is 312 Å². The van der Waals surface area contributed by atoms with Crippen molar-refractivity contribution in [3.05, 3.63) is 65.5 Å². The highest BCUT2D eigenvalue weighted by Gasteiger charge is 2.29. The van der Waals surface area contributed by atoms with E-state index in [0.29, 0.717) is 44.1 Å². The van der Waals surface area contributed by atoms with Crippen molar-refractivity contribution in [1.82, 2.24) is 45.8 Å². The zero-order valence-corrected chi connectivity index (χ0v) is 31.7. The summed E-state index contributed by atoms with van der Waals surface area (Å²) in [6.45, 7) is 11.6. The van der Waals surface area contributed by atoms with E-state index in [0.717, 1.165) is 42.1 Å². The van der Waals surface area contributed by atoms with Gasteiger partial charge in [0.15, 0.2) is 5.82 Å². The van der Waals surface area contributed by atoms with E-state index in [9.17, 15) is 19.2 Å². The van der Waals surface area contributed by atoms with Gasteiger partial charge < -0.3 is 26.0 Å². The Kier molecular flexibility index (Phi) is 14.0. The van der Waals surface area contributed by atoms with Crippen molar-refractivity contribution >= 4 is 23.6 Å². The van der Waals surface area contributed by atoms with Gasteiger partial charge in [0.05, 0.1) is 19.7 Å². The number of nitrogens with zero attached hydrogens (tertiary/aromatic N) is 5. The molecule has 1 fully saturated rings. The van der Waals surface area contributed by atoms with Gasteiger partial charge in [-0.15, -0.1) is 0 Å². The van der Waals surface area contributed by atoms with Crippen molar-refractivity contribution in [3.63, 3.8) is 0 Å². The highest BCUT2D eigenvalue weighted by atomic mass is 16.5. The zero-order chi connectivity index (χ0) is 37.9. The van der Waals surface area contributed by atoms with E-state index in [1.165, 1.54) is 17.5 Å². The van der Waals surface area contributed by atoms with Crippen LogP contribution in [0.1, 0.15) is 76.4 Å². The largest absolute Gasteiger partial charge is 0.496 e. The molecule has 3 atom stereocenters. The summed E-state index contributed by atoms with van der Waals surface area (Å²) in [5.74, 6) is 0.352. The van der Waals surface area contributed by atoms with Crippen molar-refractivity contribution in [2.45, 2.75) is 91.1 Å². The third-order valence-corrected chi connectivity index (χ3v) is 9.57. The molecule has 3 heterocycles. The first-order valence-electron chi connectivity index (χ1n) is 18.8. The number of carbonyl (C=O) groups excluding carboxylic acids is 4. The Bertz CT molecular complexity index is 1710. The van der Waals surface area contributed by atoms with Crippen molar-refractivity contribution in [2.24, 2.45) is 5.92 Å². The van der Waals surface area contributed by atoms with Gasteiger partial charge in [0.25, 0.3) is 0 Å². The van der Waals surface area contributed by atoms with E-state index < -0.39 is 29.9 Å². The van der Waals surface area contributed by atoms with Crippen LogP contribution in [0, 0.1) is 5.92 Å². The fourth-order valence-corrected chi connectivity index (χ4v) is 6.86. The second-order valence-electron chi connectivity index (χ2n) is 14.6. The Morgan fingerprint density at radius 3 is 2.26 bits per heavy atom. The lowest BCUT2D eigenvalue weighted by molar-refractivity contribution is -0.132. The van der Waals surface area contributed by atoms with Gasteiger partial charge in [0, 0.05) is 37.3 Å². The maximum absolute atomic E-state index is 13.7. The van der Waals surface area contributed by atoms with Crippen LogP contribution in [0.15, 0.2) is 48.5 Å². The van der Waals surface area contributed by atoms with E-state index in [4.69, 9.17) is 9.72 Å². The average Bonchev–Trinajstić information content (AvgIpc) is 3.80. The Balaban J connectivity index is 1.38. The smallest absolute Gasteiger partial charge is 0.243 e. The molecule has 0 saturated carbocycles. The van der Waals surface area contributed by atoms with Gasteiger partial charge in [0.2, 0.25) is 23.6 Å². The first-order valence-corrected chi connectivity index (χ1v) is 18.8. The molecule has 286 valence electrons. The third-order valence-electron chi connectivity index (χ3n) is 9.57. The molecule has 1 saturated heterocycles. The highest BCUT2D eigenvalue weighted by Crippen LogP contribution is 2.25. The predicted octanol–water partition coefficient (Wildman–Crippen LogP) is 2.78. The van der Waals surface area contributed by atoms with Crippen LogP contribution in [-0.2, 0) is 38.8 Å². The number of rotatable bonds is 8. The lowest BCUT2D eigenvalue weighted by Crippen LogP contribution is -2.54. The van der Waals surface area contributed by atoms with Gasteiger partial charge in [-0.3, -0.25) is 29.0 Å². The summed E-state index contributed by atoms with van der Waals surface area (Å²) in [6, 6.07) is 13.2. The number of carbonyl (C=O) groups is 4. The quantitative estimate of drug-likeness (QED) is 0.273. The van der Waals surface area contributed by atoms with Crippen LogP contribution in [0.3, 0.4) is 0 Å². The number of methoxy groups -OCH3 is 1. The van der Waals surface area contributed by atoms with E-state index in [2.05, 4.69) is 37.3 Å². The minimum Gasteiger partial charge on any atom is -0.496 e. The number of likely N-dealkylation sites (tertiary alicyclic amines) is 1. The van der Waals surface area contributed by atoms with Gasteiger partial charge >= 0.3 is 0 Å². The lowest BCUT2D eigenvalue weighted by Gasteiger charge is -2.25. The van der Waals surface area contributed by atoms with Crippen LogP contribution in [0.5, 0.6) is 5.75 Å². The Hall–Kier alpha value is -4.82. The van der Waals surface area contributed by atoms with E-state index in [1.54, 1.807) is 21.0 Å². The number of ether oxygens (including phenoxy) is 1. The zero-order valence-electron chi connectivity index (χ0n) is 31.7. The first kappa shape index (κ1) is 39.4. The second-order valence-corrected chi connectivity index (χ2v) is 14.6. The number of nitrogens with one attached hydrogen (secondary N) is 4. The molecule has 2 aliphatic heterocycles. The molecule has 1 aromatic heterocycles. The fraction of sp³-hybridized carbons (Fsp3) is 0.538. The number of amides is 4. The summed E-state index contributed by atoms with van der Waals surface area (Å²) < 4.78 is 7.20. The average molecular weight is 730 g/mol. The van der Waals surface area contributed by atoms with Gasteiger partial charge in [-0.25, -0.2) is 9.67 Å². The molecule has 0 radical (unpaired) electrons. The number of benzene rings is 2. The van der Waals surface area contributed by atoms with Crippen molar-refractivity contribution in [3.8, 4) is 17.1 Å². The van der Waals surface area contributed by atoms with Crippen LogP contribution < -0.4 is 26.0 Å². The molecule has 53 heavy (non-hydrogen) atoms. The second kappa shape index (κ2) is 18.8. The van der Waals surface area contributed by atoms with Crippen molar-refractivity contribution in [1.29, 1.82) is 0 Å². The topological polar surface area (TPSA) is 163 Å². The molecule has 14 heteroatoms. The SMILES string of the molecule is COc1ccc(CN2CCCNC(=O)Cn3nc(-c4ccccc4)nc3[C@H](C)NC(=O)[C@@H](CC(C)C)NC(=O)[C@@H](C)NC(=O)C2)cc1CN1CCCC1. The summed E-state index contributed by atoms with van der Waals surface area (Å²) in [6.07, 6.45) is 3.34. The molecule has 4 N–H and O–H groups in total.